The van der Waals surface area contributed by atoms with Crippen LogP contribution in [-0.4, -0.2) is 0 Å². The van der Waals surface area contributed by atoms with Gasteiger partial charge in [-0.05, 0) is 0 Å². The Morgan fingerprint density at radius 1 is 0.600 bits per heavy atom. The number of hydrogen-bond donors (Lipinski definition) is 0. The van der Waals surface area contributed by atoms with Gasteiger partial charge < -0.3 is 16.4 Å². The van der Waals surface area contributed by atoms with Gasteiger partial charge in [-0.1, -0.05) is 0 Å². The molecular formula is MnO3Ru. The van der Waals surface area contributed by atoms with Crippen LogP contribution in [-0.2, 0) is 53.0 Å². The van der Waals surface area contributed by atoms with E-state index in [4.69, 9.17) is 0 Å². The van der Waals surface area contributed by atoms with E-state index in [0.717, 1.165) is 0 Å². The zero-order valence-corrected chi connectivity index (χ0v) is 4.87. The van der Waals surface area contributed by atoms with Gasteiger partial charge in [0.05, 0.1) is 0 Å². The maximum absolute atomic E-state index is 0. The quantitative estimate of drug-likeness (QED) is 0.482. The van der Waals surface area contributed by atoms with Crippen molar-refractivity contribution in [3.05, 3.63) is 0 Å². The summed E-state index contributed by atoms with van der Waals surface area (Å²) in [4.78, 5) is 0. The summed E-state index contributed by atoms with van der Waals surface area (Å²) in [6.07, 6.45) is 0. The van der Waals surface area contributed by atoms with Crippen LogP contribution < -0.4 is 0 Å². The molecule has 0 unspecified atom stereocenters. The zero-order chi connectivity index (χ0) is 0. The number of rotatable bonds is 0. The van der Waals surface area contributed by atoms with Crippen molar-refractivity contribution in [3.63, 3.8) is 0 Å². The Morgan fingerprint density at radius 2 is 0.600 bits per heavy atom. The molecule has 0 rings (SSSR count). The van der Waals surface area contributed by atoms with Crippen molar-refractivity contribution < 1.29 is 53.0 Å². The normalized spacial score (nSPS) is 0. The molecule has 0 bridgehead atoms. The minimum Gasteiger partial charge on any atom is -2.00 e. The molecule has 3 nitrogen and oxygen atoms in total. The van der Waals surface area contributed by atoms with Crippen molar-refractivity contribution in [2.45, 2.75) is 0 Å². The summed E-state index contributed by atoms with van der Waals surface area (Å²) in [5, 5.41) is 0. The first-order chi connectivity index (χ1) is 0. The molecule has 0 aliphatic heterocycles. The first-order valence-electron chi connectivity index (χ1n) is 0. The van der Waals surface area contributed by atoms with E-state index in [1.165, 1.54) is 0 Å². The van der Waals surface area contributed by atoms with Crippen molar-refractivity contribution in [2.24, 2.45) is 0 Å². The molecule has 0 aliphatic rings. The van der Waals surface area contributed by atoms with E-state index in [-0.39, 0.29) is 53.0 Å². The molecule has 0 fully saturated rings. The first kappa shape index (κ1) is 145. The van der Waals surface area contributed by atoms with Gasteiger partial charge in [-0.3, -0.25) is 0 Å². The standard InChI is InChI=1S/Mn.3O.Ru/q+2;3*-2;+4. The molecule has 0 aliphatic carbocycles. The van der Waals surface area contributed by atoms with Gasteiger partial charge in [0.1, 0.15) is 0 Å². The van der Waals surface area contributed by atoms with Crippen LogP contribution in [0.5, 0.6) is 0 Å². The van der Waals surface area contributed by atoms with Crippen molar-refractivity contribution in [1.82, 2.24) is 0 Å². The third-order valence-corrected chi connectivity index (χ3v) is 0. The van der Waals surface area contributed by atoms with E-state index < -0.39 is 0 Å². The Hall–Kier alpha value is 1.02. The molecule has 0 saturated heterocycles. The van der Waals surface area contributed by atoms with Gasteiger partial charge in [-0.2, -0.15) is 0 Å². The van der Waals surface area contributed by atoms with E-state index in [2.05, 4.69) is 0 Å². The van der Waals surface area contributed by atoms with E-state index >= 15 is 0 Å². The fraction of sp³-hybridized carbons (Fsp3) is 0. The molecule has 0 aromatic heterocycles. The molecular weight excluding hydrogens is 204 g/mol. The maximum Gasteiger partial charge on any atom is 4.00 e. The van der Waals surface area contributed by atoms with Crippen LogP contribution in [0.3, 0.4) is 0 Å². The van der Waals surface area contributed by atoms with Gasteiger partial charge in [0.25, 0.3) is 0 Å². The molecule has 33 valence electrons. The Balaban J connectivity index is 0. The predicted octanol–water partition coefficient (Wildman–Crippen LogP) is -0.361. The fourth-order valence-corrected chi connectivity index (χ4v) is 0. The SMILES string of the molecule is [Mn+2].[O-2].[O-2].[O-2].[Ru+4]. The Labute approximate surface area is 53.3 Å². The third kappa shape index (κ3) is 43.9. The smallest absolute Gasteiger partial charge is 2.00 e. The fourth-order valence-electron chi connectivity index (χ4n) is 0. The van der Waals surface area contributed by atoms with Crippen molar-refractivity contribution in [2.75, 3.05) is 0 Å². The van der Waals surface area contributed by atoms with Crippen LogP contribution in [0.2, 0.25) is 0 Å². The van der Waals surface area contributed by atoms with Crippen LogP contribution in [0.25, 0.3) is 0 Å². The predicted molar refractivity (Wildman–Crippen MR) is 2.06 cm³/mol. The first-order valence-corrected chi connectivity index (χ1v) is 0. The average molecular weight is 204 g/mol. The van der Waals surface area contributed by atoms with E-state index in [0.29, 0.717) is 0 Å². The van der Waals surface area contributed by atoms with Crippen molar-refractivity contribution in [1.29, 1.82) is 0 Å². The summed E-state index contributed by atoms with van der Waals surface area (Å²) < 4.78 is 0. The molecule has 0 aromatic carbocycles. The van der Waals surface area contributed by atoms with Crippen LogP contribution in [0.1, 0.15) is 0 Å². The molecule has 5 heteroatoms. The van der Waals surface area contributed by atoms with E-state index in [1.54, 1.807) is 0 Å². The van der Waals surface area contributed by atoms with Gasteiger partial charge in [-0.15, -0.1) is 0 Å². The van der Waals surface area contributed by atoms with Gasteiger partial charge in [-0.25, -0.2) is 0 Å². The summed E-state index contributed by atoms with van der Waals surface area (Å²) in [6, 6.07) is 0. The van der Waals surface area contributed by atoms with Crippen LogP contribution in [0.4, 0.5) is 0 Å². The Morgan fingerprint density at radius 3 is 0.600 bits per heavy atom. The second kappa shape index (κ2) is 77.7. The molecule has 0 spiro atoms. The summed E-state index contributed by atoms with van der Waals surface area (Å²) in [7, 11) is 0. The summed E-state index contributed by atoms with van der Waals surface area (Å²) in [5.74, 6) is 0. The zero-order valence-electron chi connectivity index (χ0n) is 1.96. The molecule has 0 amide bonds. The van der Waals surface area contributed by atoms with Crippen molar-refractivity contribution in [3.8, 4) is 0 Å². The minimum atomic E-state index is 0. The molecule has 0 saturated carbocycles. The van der Waals surface area contributed by atoms with Crippen LogP contribution in [0, 0.1) is 0 Å². The van der Waals surface area contributed by atoms with Crippen LogP contribution >= 0.6 is 0 Å². The largest absolute Gasteiger partial charge is 4.00 e. The molecule has 0 N–H and O–H groups in total. The Kier molecular flexibility index (Phi) is 2260. The summed E-state index contributed by atoms with van der Waals surface area (Å²) in [5.41, 5.74) is 0. The monoisotopic (exact) mass is 205 g/mol. The molecule has 1 radical (unpaired) electrons. The summed E-state index contributed by atoms with van der Waals surface area (Å²) in [6.45, 7) is 0. The van der Waals surface area contributed by atoms with Gasteiger partial charge in [0.15, 0.2) is 0 Å². The van der Waals surface area contributed by atoms with E-state index in [1.807, 2.05) is 0 Å². The van der Waals surface area contributed by atoms with Gasteiger partial charge >= 0.3 is 36.5 Å². The average Bonchev–Trinajstić information content (AvgIpc) is 0. The van der Waals surface area contributed by atoms with Crippen molar-refractivity contribution >= 4 is 0 Å². The second-order valence-electron chi connectivity index (χ2n) is 0. The van der Waals surface area contributed by atoms with Gasteiger partial charge in [0.2, 0.25) is 0 Å². The third-order valence-electron chi connectivity index (χ3n) is 0. The molecule has 0 heterocycles. The Bertz CT molecular complexity index is 6.85. The summed E-state index contributed by atoms with van der Waals surface area (Å²) >= 11 is 0. The maximum atomic E-state index is 0. The number of hydrogen-bond acceptors (Lipinski definition) is 0. The minimum absolute atomic E-state index is 0. The molecule has 0 aromatic rings. The molecule has 0 atom stereocenters. The second-order valence-corrected chi connectivity index (χ2v) is 0. The van der Waals surface area contributed by atoms with Crippen LogP contribution in [0.15, 0.2) is 0 Å². The van der Waals surface area contributed by atoms with Gasteiger partial charge in [0, 0.05) is 0 Å². The van der Waals surface area contributed by atoms with E-state index in [9.17, 15) is 0 Å². The topological polar surface area (TPSA) is 85.5 Å². The molecule has 5 heavy (non-hydrogen) atoms.